The first-order valence-electron chi connectivity index (χ1n) is 10.1. The van der Waals surface area contributed by atoms with Gasteiger partial charge in [0, 0.05) is 16.1 Å². The maximum absolute atomic E-state index is 14.2. The summed E-state index contributed by atoms with van der Waals surface area (Å²) < 4.78 is 47.8. The summed E-state index contributed by atoms with van der Waals surface area (Å²) in [4.78, 5) is 17.6. The zero-order valence-corrected chi connectivity index (χ0v) is 19.0. The fraction of sp³-hybridized carbons (Fsp3) is 0.364. The van der Waals surface area contributed by atoms with Gasteiger partial charge in [0.2, 0.25) is 0 Å². The zero-order valence-electron chi connectivity index (χ0n) is 17.4. The third kappa shape index (κ3) is 3.99. The van der Waals surface area contributed by atoms with E-state index in [0.717, 1.165) is 24.2 Å². The minimum atomic E-state index is -4.61. The number of carbonyl (C=O) groups is 1. The second kappa shape index (κ2) is 8.44. The number of nitrogens with zero attached hydrogens (tertiary/aromatic N) is 1. The Morgan fingerprint density at radius 2 is 2.16 bits per heavy atom. The van der Waals surface area contributed by atoms with Crippen molar-refractivity contribution in [3.63, 3.8) is 0 Å². The summed E-state index contributed by atoms with van der Waals surface area (Å²) in [5.41, 5.74) is 6.10. The van der Waals surface area contributed by atoms with E-state index in [1.165, 1.54) is 13.2 Å². The van der Waals surface area contributed by atoms with Crippen LogP contribution in [-0.2, 0) is 19.0 Å². The molecule has 0 unspecified atom stereocenters. The molecular formula is C22H21ClF3N3O2S. The van der Waals surface area contributed by atoms with Crippen molar-refractivity contribution in [2.45, 2.75) is 38.8 Å². The molecular weight excluding hydrogens is 463 g/mol. The molecule has 1 aromatic carbocycles. The van der Waals surface area contributed by atoms with Crippen LogP contribution >= 0.6 is 22.9 Å². The number of thiophene rings is 1. The molecule has 1 aliphatic carbocycles. The average molecular weight is 484 g/mol. The number of hydrogen-bond donors (Lipinski definition) is 2. The smallest absolute Gasteiger partial charge is 0.417 e. The number of fused-ring (bicyclic) bond motifs is 2. The molecule has 10 heteroatoms. The van der Waals surface area contributed by atoms with E-state index in [1.54, 1.807) is 12.1 Å². The fourth-order valence-electron chi connectivity index (χ4n) is 4.18. The van der Waals surface area contributed by atoms with Gasteiger partial charge in [0.25, 0.3) is 5.91 Å². The molecule has 2 heterocycles. The van der Waals surface area contributed by atoms with Crippen molar-refractivity contribution in [3.8, 4) is 5.75 Å². The number of aromatic nitrogens is 1. The van der Waals surface area contributed by atoms with Crippen LogP contribution in [0.15, 0.2) is 18.2 Å². The van der Waals surface area contributed by atoms with Crippen LogP contribution in [0, 0.1) is 5.92 Å². The fourth-order valence-corrected chi connectivity index (χ4v) is 5.37. The Balaban J connectivity index is 1.84. The average Bonchev–Trinajstić information content (AvgIpc) is 3.07. The standard InChI is InChI=1S/C22H21ClF3N3O2S/c1-3-10-4-6-13-12(8-10)17(22(24,25)26)16-18(27)19(32-21(16)29-13)20(30)28-14-9-11(23)5-7-15(14)31-2/h5,7,9-10H,3-4,6,8,27H2,1-2H3,(H,28,30)/t10-/m0/s1. The van der Waals surface area contributed by atoms with Crippen molar-refractivity contribution in [2.75, 3.05) is 18.2 Å². The van der Waals surface area contributed by atoms with Crippen LogP contribution in [-0.4, -0.2) is 18.0 Å². The van der Waals surface area contributed by atoms with Gasteiger partial charge in [-0.3, -0.25) is 4.79 Å². The van der Waals surface area contributed by atoms with E-state index in [1.807, 2.05) is 6.92 Å². The number of benzene rings is 1. The van der Waals surface area contributed by atoms with Crippen LogP contribution in [0.25, 0.3) is 10.2 Å². The monoisotopic (exact) mass is 483 g/mol. The highest BCUT2D eigenvalue weighted by atomic mass is 35.5. The van der Waals surface area contributed by atoms with Gasteiger partial charge in [0.1, 0.15) is 15.5 Å². The molecule has 0 fully saturated rings. The lowest BCUT2D eigenvalue weighted by Gasteiger charge is -2.26. The number of rotatable bonds is 4. The third-order valence-electron chi connectivity index (χ3n) is 5.82. The van der Waals surface area contributed by atoms with E-state index in [4.69, 9.17) is 22.1 Å². The summed E-state index contributed by atoms with van der Waals surface area (Å²) in [6.07, 6.45) is -2.24. The van der Waals surface area contributed by atoms with Gasteiger partial charge in [-0.25, -0.2) is 4.98 Å². The summed E-state index contributed by atoms with van der Waals surface area (Å²) in [6.45, 7) is 1.97. The summed E-state index contributed by atoms with van der Waals surface area (Å²) >= 11 is 6.86. The Hall–Kier alpha value is -2.52. The third-order valence-corrected chi connectivity index (χ3v) is 7.16. The van der Waals surface area contributed by atoms with E-state index in [0.29, 0.717) is 29.3 Å². The predicted molar refractivity (Wildman–Crippen MR) is 121 cm³/mol. The molecule has 4 rings (SSSR count). The molecule has 32 heavy (non-hydrogen) atoms. The molecule has 0 saturated carbocycles. The van der Waals surface area contributed by atoms with Gasteiger partial charge in [-0.05, 0) is 48.9 Å². The molecule has 0 bridgehead atoms. The number of nitrogens with one attached hydrogen (secondary N) is 1. The number of anilines is 2. The van der Waals surface area contributed by atoms with Crippen LogP contribution < -0.4 is 15.8 Å². The summed E-state index contributed by atoms with van der Waals surface area (Å²) in [6, 6.07) is 4.66. The number of pyridine rings is 1. The lowest BCUT2D eigenvalue weighted by molar-refractivity contribution is -0.137. The van der Waals surface area contributed by atoms with Crippen molar-refractivity contribution in [1.29, 1.82) is 0 Å². The Bertz CT molecular complexity index is 1210. The highest BCUT2D eigenvalue weighted by Crippen LogP contribution is 2.46. The maximum atomic E-state index is 14.2. The Morgan fingerprint density at radius 1 is 1.41 bits per heavy atom. The molecule has 5 nitrogen and oxygen atoms in total. The molecule has 3 aromatic rings. The second-order valence-electron chi connectivity index (χ2n) is 7.75. The number of hydrogen-bond acceptors (Lipinski definition) is 5. The van der Waals surface area contributed by atoms with Crippen LogP contribution in [0.3, 0.4) is 0 Å². The molecule has 0 radical (unpaired) electrons. The molecule has 3 N–H and O–H groups in total. The molecule has 0 saturated heterocycles. The highest BCUT2D eigenvalue weighted by Gasteiger charge is 2.40. The van der Waals surface area contributed by atoms with Crippen LogP contribution in [0.4, 0.5) is 24.5 Å². The van der Waals surface area contributed by atoms with Gasteiger partial charge in [-0.1, -0.05) is 24.9 Å². The summed E-state index contributed by atoms with van der Waals surface area (Å²) in [5, 5.41) is 2.81. The number of aryl methyl sites for hydroxylation is 1. The first-order chi connectivity index (χ1) is 15.1. The first-order valence-corrected chi connectivity index (χ1v) is 11.3. The van der Waals surface area contributed by atoms with Gasteiger partial charge in [-0.15, -0.1) is 11.3 Å². The number of ether oxygens (including phenoxy) is 1. The zero-order chi connectivity index (χ0) is 23.2. The van der Waals surface area contributed by atoms with E-state index in [9.17, 15) is 18.0 Å². The van der Waals surface area contributed by atoms with Crippen molar-refractivity contribution in [3.05, 3.63) is 44.9 Å². The number of alkyl halides is 3. The lowest BCUT2D eigenvalue weighted by Crippen LogP contribution is -2.21. The van der Waals surface area contributed by atoms with Crippen LogP contribution in [0.1, 0.15) is 46.3 Å². The SMILES string of the molecule is CC[C@H]1CCc2nc3sc(C(=O)Nc4cc(Cl)ccc4OC)c(N)c3c(C(F)(F)F)c2C1. The van der Waals surface area contributed by atoms with Crippen LogP contribution in [0.2, 0.25) is 5.02 Å². The molecule has 2 aromatic heterocycles. The number of methoxy groups -OCH3 is 1. The van der Waals surface area contributed by atoms with Crippen molar-refractivity contribution in [2.24, 2.45) is 5.92 Å². The lowest BCUT2D eigenvalue weighted by atomic mass is 9.82. The first kappa shape index (κ1) is 22.7. The Morgan fingerprint density at radius 3 is 2.81 bits per heavy atom. The minimum absolute atomic E-state index is 0.0329. The second-order valence-corrected chi connectivity index (χ2v) is 9.19. The van der Waals surface area contributed by atoms with Gasteiger partial charge in [-0.2, -0.15) is 13.2 Å². The van der Waals surface area contributed by atoms with E-state index in [2.05, 4.69) is 10.3 Å². The van der Waals surface area contributed by atoms with Gasteiger partial charge < -0.3 is 15.8 Å². The molecule has 0 aliphatic heterocycles. The Kier molecular flexibility index (Phi) is 5.98. The molecule has 170 valence electrons. The maximum Gasteiger partial charge on any atom is 0.417 e. The number of carbonyl (C=O) groups excluding carboxylic acids is 1. The van der Waals surface area contributed by atoms with Gasteiger partial charge in [0.15, 0.2) is 0 Å². The summed E-state index contributed by atoms with van der Waals surface area (Å²) in [5.74, 6) is -0.123. The van der Waals surface area contributed by atoms with Crippen molar-refractivity contribution >= 4 is 50.4 Å². The van der Waals surface area contributed by atoms with E-state index >= 15 is 0 Å². The highest BCUT2D eigenvalue weighted by molar-refractivity contribution is 7.21. The minimum Gasteiger partial charge on any atom is -0.495 e. The van der Waals surface area contributed by atoms with Crippen molar-refractivity contribution < 1.29 is 22.7 Å². The Labute approximate surface area is 191 Å². The molecule has 1 atom stereocenters. The summed E-state index contributed by atoms with van der Waals surface area (Å²) in [7, 11) is 1.43. The molecule has 1 amide bonds. The topological polar surface area (TPSA) is 77.2 Å². The van der Waals surface area contributed by atoms with Crippen molar-refractivity contribution in [1.82, 2.24) is 4.98 Å². The number of nitrogen functional groups attached to an aromatic ring is 1. The van der Waals surface area contributed by atoms with E-state index in [-0.39, 0.29) is 37.9 Å². The van der Waals surface area contributed by atoms with E-state index < -0.39 is 17.6 Å². The molecule has 1 aliphatic rings. The van der Waals surface area contributed by atoms with Crippen LogP contribution in [0.5, 0.6) is 5.75 Å². The predicted octanol–water partition coefficient (Wildman–Crippen LogP) is 6.33. The molecule has 0 spiro atoms. The number of halogens is 4. The number of amides is 1. The normalized spacial score (nSPS) is 16.1. The number of nitrogens with two attached hydrogens (primary N) is 1. The van der Waals surface area contributed by atoms with Gasteiger partial charge >= 0.3 is 6.18 Å². The quantitative estimate of drug-likeness (QED) is 0.454. The largest absolute Gasteiger partial charge is 0.495 e. The van der Waals surface area contributed by atoms with Gasteiger partial charge in [0.05, 0.1) is 24.0 Å².